The van der Waals surface area contributed by atoms with Gasteiger partial charge >= 0.3 is 0 Å². The Morgan fingerprint density at radius 1 is 1.20 bits per heavy atom. The highest BCUT2D eigenvalue weighted by Crippen LogP contribution is 2.39. The molecule has 102 valence electrons. The number of benzene rings is 2. The SMILES string of the molecule is Cc1ccc2c(c1C)NC(=O)CC2c1cccc(Cl)c1. The average molecular weight is 286 g/mol. The second kappa shape index (κ2) is 4.95. The molecule has 1 heterocycles. The summed E-state index contributed by atoms with van der Waals surface area (Å²) in [5.41, 5.74) is 5.57. The molecule has 0 aliphatic carbocycles. The molecule has 0 fully saturated rings. The van der Waals surface area contributed by atoms with E-state index in [1.165, 1.54) is 11.1 Å². The van der Waals surface area contributed by atoms with Gasteiger partial charge < -0.3 is 5.32 Å². The maximum atomic E-state index is 12.0. The Morgan fingerprint density at radius 3 is 2.75 bits per heavy atom. The smallest absolute Gasteiger partial charge is 0.225 e. The number of anilines is 1. The number of hydrogen-bond donors (Lipinski definition) is 1. The van der Waals surface area contributed by atoms with Crippen molar-refractivity contribution in [2.24, 2.45) is 0 Å². The summed E-state index contributed by atoms with van der Waals surface area (Å²) in [5, 5.41) is 3.72. The Labute approximate surface area is 123 Å². The number of carbonyl (C=O) groups excluding carboxylic acids is 1. The molecular weight excluding hydrogens is 270 g/mol. The minimum absolute atomic E-state index is 0.0659. The van der Waals surface area contributed by atoms with E-state index in [0.717, 1.165) is 16.8 Å². The molecule has 0 spiro atoms. The average Bonchev–Trinajstić information content (AvgIpc) is 2.43. The number of fused-ring (bicyclic) bond motifs is 1. The van der Waals surface area contributed by atoms with Crippen LogP contribution >= 0.6 is 11.6 Å². The van der Waals surface area contributed by atoms with Gasteiger partial charge in [-0.1, -0.05) is 35.9 Å². The van der Waals surface area contributed by atoms with Crippen LogP contribution in [0.4, 0.5) is 5.69 Å². The maximum absolute atomic E-state index is 12.0. The number of halogens is 1. The zero-order chi connectivity index (χ0) is 14.3. The monoisotopic (exact) mass is 285 g/mol. The van der Waals surface area contributed by atoms with Crippen molar-refractivity contribution >= 4 is 23.2 Å². The van der Waals surface area contributed by atoms with Gasteiger partial charge in [-0.3, -0.25) is 4.79 Å². The summed E-state index contributed by atoms with van der Waals surface area (Å²) in [6.07, 6.45) is 0.468. The van der Waals surface area contributed by atoms with Crippen LogP contribution in [0.15, 0.2) is 36.4 Å². The van der Waals surface area contributed by atoms with Crippen LogP contribution in [0.25, 0.3) is 0 Å². The van der Waals surface area contributed by atoms with Crippen molar-refractivity contribution in [1.29, 1.82) is 0 Å². The van der Waals surface area contributed by atoms with Gasteiger partial charge in [-0.25, -0.2) is 0 Å². The Kier molecular flexibility index (Phi) is 3.27. The topological polar surface area (TPSA) is 29.1 Å². The Bertz CT molecular complexity index is 693. The first kappa shape index (κ1) is 13.2. The lowest BCUT2D eigenvalue weighted by Gasteiger charge is -2.28. The number of aryl methyl sites for hydroxylation is 1. The van der Waals surface area contributed by atoms with Gasteiger partial charge in [-0.15, -0.1) is 0 Å². The van der Waals surface area contributed by atoms with E-state index in [0.29, 0.717) is 11.4 Å². The number of amides is 1. The number of carbonyl (C=O) groups is 1. The quantitative estimate of drug-likeness (QED) is 0.825. The highest BCUT2D eigenvalue weighted by Gasteiger charge is 2.27. The highest BCUT2D eigenvalue weighted by molar-refractivity contribution is 6.30. The lowest BCUT2D eigenvalue weighted by molar-refractivity contribution is -0.116. The van der Waals surface area contributed by atoms with Gasteiger partial charge in [0.15, 0.2) is 0 Å². The van der Waals surface area contributed by atoms with Crippen LogP contribution in [0.2, 0.25) is 5.02 Å². The fourth-order valence-electron chi connectivity index (χ4n) is 2.80. The van der Waals surface area contributed by atoms with Gasteiger partial charge in [0.2, 0.25) is 5.91 Å². The Morgan fingerprint density at radius 2 is 2.00 bits per heavy atom. The predicted octanol–water partition coefficient (Wildman–Crippen LogP) is 4.43. The van der Waals surface area contributed by atoms with Crippen LogP contribution in [0, 0.1) is 13.8 Å². The van der Waals surface area contributed by atoms with Gasteiger partial charge in [-0.2, -0.15) is 0 Å². The zero-order valence-electron chi connectivity index (χ0n) is 11.5. The van der Waals surface area contributed by atoms with E-state index in [9.17, 15) is 4.79 Å². The summed E-state index contributed by atoms with van der Waals surface area (Å²) in [6, 6.07) is 12.0. The summed E-state index contributed by atoms with van der Waals surface area (Å²) in [6.45, 7) is 4.11. The van der Waals surface area contributed by atoms with Gasteiger partial charge in [0.25, 0.3) is 0 Å². The fraction of sp³-hybridized carbons (Fsp3) is 0.235. The van der Waals surface area contributed by atoms with Crippen molar-refractivity contribution in [3.8, 4) is 0 Å². The molecule has 0 bridgehead atoms. The molecule has 0 saturated carbocycles. The zero-order valence-corrected chi connectivity index (χ0v) is 12.3. The molecule has 3 heteroatoms. The van der Waals surface area contributed by atoms with E-state index in [1.54, 1.807) is 0 Å². The summed E-state index contributed by atoms with van der Waals surface area (Å²) >= 11 is 6.08. The maximum Gasteiger partial charge on any atom is 0.225 e. The Hall–Kier alpha value is -1.80. The number of nitrogens with one attached hydrogen (secondary N) is 1. The molecule has 1 amide bonds. The molecule has 0 aromatic heterocycles. The third-order valence-corrected chi connectivity index (χ3v) is 4.28. The van der Waals surface area contributed by atoms with Crippen molar-refractivity contribution in [3.05, 3.63) is 63.7 Å². The summed E-state index contributed by atoms with van der Waals surface area (Å²) < 4.78 is 0. The molecule has 3 rings (SSSR count). The summed E-state index contributed by atoms with van der Waals surface area (Å²) in [5.74, 6) is 0.146. The molecule has 2 aromatic rings. The highest BCUT2D eigenvalue weighted by atomic mass is 35.5. The predicted molar refractivity (Wildman–Crippen MR) is 82.5 cm³/mol. The van der Waals surface area contributed by atoms with Crippen LogP contribution in [0.5, 0.6) is 0 Å². The van der Waals surface area contributed by atoms with Crippen LogP contribution < -0.4 is 5.32 Å². The van der Waals surface area contributed by atoms with Gasteiger partial charge in [0.05, 0.1) is 0 Å². The van der Waals surface area contributed by atoms with Crippen molar-refractivity contribution in [1.82, 2.24) is 0 Å². The summed E-state index contributed by atoms with van der Waals surface area (Å²) in [4.78, 5) is 12.0. The van der Waals surface area contributed by atoms with E-state index in [-0.39, 0.29) is 11.8 Å². The lowest BCUT2D eigenvalue weighted by atomic mass is 9.83. The molecule has 1 aliphatic heterocycles. The van der Waals surface area contributed by atoms with E-state index >= 15 is 0 Å². The summed E-state index contributed by atoms with van der Waals surface area (Å²) in [7, 11) is 0. The molecule has 1 unspecified atom stereocenters. The van der Waals surface area contributed by atoms with Crippen LogP contribution in [0.1, 0.15) is 34.6 Å². The molecule has 1 atom stereocenters. The number of rotatable bonds is 1. The van der Waals surface area contributed by atoms with Gasteiger partial charge in [-0.05, 0) is 48.2 Å². The van der Waals surface area contributed by atoms with Crippen molar-refractivity contribution in [2.75, 3.05) is 5.32 Å². The van der Waals surface area contributed by atoms with Crippen LogP contribution in [-0.2, 0) is 4.79 Å². The van der Waals surface area contributed by atoms with Crippen molar-refractivity contribution in [3.63, 3.8) is 0 Å². The fourth-order valence-corrected chi connectivity index (χ4v) is 3.00. The van der Waals surface area contributed by atoms with Crippen LogP contribution in [0.3, 0.4) is 0 Å². The number of hydrogen-bond acceptors (Lipinski definition) is 1. The second-order valence-electron chi connectivity index (χ2n) is 5.33. The normalized spacial score (nSPS) is 17.6. The molecule has 2 nitrogen and oxygen atoms in total. The third kappa shape index (κ3) is 2.20. The molecule has 0 radical (unpaired) electrons. The molecular formula is C17H16ClNO. The first-order chi connectivity index (χ1) is 9.56. The van der Waals surface area contributed by atoms with Crippen molar-refractivity contribution < 1.29 is 4.79 Å². The molecule has 2 aromatic carbocycles. The lowest BCUT2D eigenvalue weighted by Crippen LogP contribution is -2.24. The molecule has 1 N–H and O–H groups in total. The Balaban J connectivity index is 2.16. The molecule has 20 heavy (non-hydrogen) atoms. The van der Waals surface area contributed by atoms with Crippen LogP contribution in [-0.4, -0.2) is 5.91 Å². The van der Waals surface area contributed by atoms with Crippen molar-refractivity contribution in [2.45, 2.75) is 26.2 Å². The van der Waals surface area contributed by atoms with Gasteiger partial charge in [0, 0.05) is 23.0 Å². The first-order valence-electron chi connectivity index (χ1n) is 6.71. The first-order valence-corrected chi connectivity index (χ1v) is 7.09. The minimum atomic E-state index is 0.0659. The second-order valence-corrected chi connectivity index (χ2v) is 5.77. The molecule has 0 saturated heterocycles. The minimum Gasteiger partial charge on any atom is -0.326 e. The van der Waals surface area contributed by atoms with E-state index < -0.39 is 0 Å². The van der Waals surface area contributed by atoms with E-state index in [4.69, 9.17) is 11.6 Å². The molecule has 1 aliphatic rings. The standard InChI is InChI=1S/C17H16ClNO/c1-10-6-7-14-15(12-4-3-5-13(18)8-12)9-16(20)19-17(14)11(10)2/h3-8,15H,9H2,1-2H3,(H,19,20). The van der Waals surface area contributed by atoms with E-state index in [1.807, 2.05) is 24.3 Å². The largest absolute Gasteiger partial charge is 0.326 e. The van der Waals surface area contributed by atoms with Gasteiger partial charge in [0.1, 0.15) is 0 Å². The third-order valence-electron chi connectivity index (χ3n) is 4.05. The van der Waals surface area contributed by atoms with E-state index in [2.05, 4.69) is 31.3 Å².